The molecule has 2 unspecified atom stereocenters. The first-order chi connectivity index (χ1) is 9.88. The number of rotatable bonds is 4. The normalized spacial score (nSPS) is 13.8. The second-order valence-corrected chi connectivity index (χ2v) is 6.37. The van der Waals surface area contributed by atoms with Crippen LogP contribution in [0.5, 0.6) is 0 Å². The highest BCUT2D eigenvalue weighted by atomic mass is 79.9. The van der Waals surface area contributed by atoms with Gasteiger partial charge in [-0.25, -0.2) is 9.78 Å². The molecule has 0 spiro atoms. The van der Waals surface area contributed by atoms with Gasteiger partial charge in [0.2, 0.25) is 0 Å². The Balaban J connectivity index is 2.22. The van der Waals surface area contributed by atoms with Crippen molar-refractivity contribution in [3.63, 3.8) is 0 Å². The number of carbonyl (C=O) groups is 1. The summed E-state index contributed by atoms with van der Waals surface area (Å²) >= 11 is 9.03. The maximum Gasteiger partial charge on any atom is 0.342 e. The van der Waals surface area contributed by atoms with Crippen molar-refractivity contribution < 1.29 is 9.53 Å². The maximum atomic E-state index is 11.8. The van der Waals surface area contributed by atoms with Crippen LogP contribution in [0.15, 0.2) is 24.7 Å². The number of halogens is 2. The summed E-state index contributed by atoms with van der Waals surface area (Å²) in [5.74, 6) is -0.413. The number of aromatic nitrogens is 3. The Kier molecular flexibility index (Phi) is 5.00. The number of esters is 1. The second-order valence-electron chi connectivity index (χ2n) is 4.70. The number of hydrogen-bond acceptors (Lipinski definition) is 4. The van der Waals surface area contributed by atoms with Gasteiger partial charge in [0, 0.05) is 12.4 Å². The zero-order chi connectivity index (χ0) is 15.6. The molecule has 2 aromatic rings. The zero-order valence-electron chi connectivity index (χ0n) is 11.9. The predicted octanol–water partition coefficient (Wildman–Crippen LogP) is 3.75. The van der Waals surface area contributed by atoms with Crippen LogP contribution in [0, 0.1) is 6.92 Å². The van der Waals surface area contributed by atoms with Gasteiger partial charge in [-0.1, -0.05) is 11.6 Å². The Morgan fingerprint density at radius 1 is 1.43 bits per heavy atom. The number of pyridine rings is 1. The molecule has 7 heteroatoms. The highest BCUT2D eigenvalue weighted by molar-refractivity contribution is 9.09. The number of ether oxygens (including phenoxy) is 1. The van der Waals surface area contributed by atoms with Gasteiger partial charge in [-0.2, -0.15) is 5.10 Å². The van der Waals surface area contributed by atoms with Crippen LogP contribution in [0.3, 0.4) is 0 Å². The number of alkyl halides is 1. The summed E-state index contributed by atoms with van der Waals surface area (Å²) in [6.07, 6.45) is 4.88. The summed E-state index contributed by atoms with van der Waals surface area (Å²) in [6.45, 7) is 5.67. The lowest BCUT2D eigenvalue weighted by molar-refractivity contribution is 0.0490. The van der Waals surface area contributed by atoms with Crippen molar-refractivity contribution in [3.8, 4) is 0 Å². The molecule has 0 amide bonds. The van der Waals surface area contributed by atoms with Crippen LogP contribution in [0.1, 0.15) is 41.4 Å². The van der Waals surface area contributed by atoms with Crippen molar-refractivity contribution in [1.29, 1.82) is 0 Å². The summed E-state index contributed by atoms with van der Waals surface area (Å²) in [7, 11) is 0. The number of hydrogen-bond donors (Lipinski definition) is 0. The molecule has 0 aliphatic rings. The molecule has 0 fully saturated rings. The average molecular weight is 373 g/mol. The van der Waals surface area contributed by atoms with Crippen molar-refractivity contribution in [1.82, 2.24) is 14.8 Å². The molecule has 0 bridgehead atoms. The number of carbonyl (C=O) groups excluding carboxylic acids is 1. The van der Waals surface area contributed by atoms with Gasteiger partial charge in [-0.15, -0.1) is 0 Å². The Bertz CT molecular complexity index is 657. The molecule has 2 atom stereocenters. The van der Waals surface area contributed by atoms with Gasteiger partial charge in [0.25, 0.3) is 0 Å². The van der Waals surface area contributed by atoms with Crippen molar-refractivity contribution in [2.45, 2.75) is 31.8 Å². The number of nitrogens with zero attached hydrogens (tertiary/aromatic N) is 3. The third-order valence-corrected chi connectivity index (χ3v) is 3.47. The first-order valence-electron chi connectivity index (χ1n) is 6.39. The largest absolute Gasteiger partial charge is 0.447 e. The lowest BCUT2D eigenvalue weighted by atomic mass is 10.1. The van der Waals surface area contributed by atoms with Crippen LogP contribution in [-0.4, -0.2) is 25.7 Å². The fourth-order valence-corrected chi connectivity index (χ4v) is 2.37. The summed E-state index contributed by atoms with van der Waals surface area (Å²) in [6, 6.07) is 1.75. The van der Waals surface area contributed by atoms with Gasteiger partial charge in [0.15, 0.2) is 5.01 Å². The van der Waals surface area contributed by atoms with Crippen LogP contribution in [-0.2, 0) is 4.74 Å². The van der Waals surface area contributed by atoms with Crippen LogP contribution < -0.4 is 0 Å². The van der Waals surface area contributed by atoms with E-state index >= 15 is 0 Å². The lowest BCUT2D eigenvalue weighted by Crippen LogP contribution is -2.10. The van der Waals surface area contributed by atoms with E-state index in [-0.39, 0.29) is 11.1 Å². The Hall–Kier alpha value is -1.40. The Morgan fingerprint density at radius 2 is 2.14 bits per heavy atom. The van der Waals surface area contributed by atoms with E-state index < -0.39 is 5.97 Å². The molecular formula is C14H15BrClN3O2. The van der Waals surface area contributed by atoms with Gasteiger partial charge in [0.1, 0.15) is 5.15 Å². The molecule has 112 valence electrons. The van der Waals surface area contributed by atoms with Crippen molar-refractivity contribution in [2.24, 2.45) is 0 Å². The fraction of sp³-hybridized carbons (Fsp3) is 0.357. The van der Waals surface area contributed by atoms with E-state index in [4.69, 9.17) is 16.3 Å². The van der Waals surface area contributed by atoms with Gasteiger partial charge in [-0.3, -0.25) is 4.68 Å². The van der Waals surface area contributed by atoms with Gasteiger partial charge >= 0.3 is 5.97 Å². The van der Waals surface area contributed by atoms with E-state index in [1.54, 1.807) is 30.1 Å². The second kappa shape index (κ2) is 6.58. The third kappa shape index (κ3) is 3.83. The molecule has 0 saturated carbocycles. The minimum atomic E-state index is -0.413. The lowest BCUT2D eigenvalue weighted by Gasteiger charge is -2.14. The summed E-state index contributed by atoms with van der Waals surface area (Å²) in [5.41, 5.74) is 2.43. The first kappa shape index (κ1) is 16.0. The van der Waals surface area contributed by atoms with Crippen molar-refractivity contribution in [2.75, 3.05) is 0 Å². The van der Waals surface area contributed by atoms with Gasteiger partial charge in [0.05, 0.1) is 17.8 Å². The highest BCUT2D eigenvalue weighted by Crippen LogP contribution is 2.22. The SMILES string of the molecule is Cc1cc(Cl)ncc1C(C)n1cc(C(=O)OC(C)Br)cn1. The van der Waals surface area contributed by atoms with Crippen molar-refractivity contribution in [3.05, 3.63) is 46.5 Å². The van der Waals surface area contributed by atoms with E-state index in [0.717, 1.165) is 11.1 Å². The molecule has 2 rings (SSSR count). The zero-order valence-corrected chi connectivity index (χ0v) is 14.2. The smallest absolute Gasteiger partial charge is 0.342 e. The molecule has 0 saturated heterocycles. The molecule has 21 heavy (non-hydrogen) atoms. The number of aryl methyl sites for hydroxylation is 1. The predicted molar refractivity (Wildman–Crippen MR) is 83.8 cm³/mol. The van der Waals surface area contributed by atoms with Crippen LogP contribution >= 0.6 is 27.5 Å². The first-order valence-corrected chi connectivity index (χ1v) is 7.69. The maximum absolute atomic E-state index is 11.8. The standard InChI is InChI=1S/C14H15BrClN3O2/c1-8-4-13(16)17-6-12(8)9(2)19-7-11(5-18-19)14(20)21-10(3)15/h4-7,9-10H,1-3H3. The monoisotopic (exact) mass is 371 g/mol. The van der Waals surface area contributed by atoms with Gasteiger partial charge in [-0.05, 0) is 53.9 Å². The van der Waals surface area contributed by atoms with Crippen molar-refractivity contribution >= 4 is 33.5 Å². The fourth-order valence-electron chi connectivity index (χ4n) is 1.98. The highest BCUT2D eigenvalue weighted by Gasteiger charge is 2.17. The summed E-state index contributed by atoms with van der Waals surface area (Å²) in [4.78, 5) is 15.9. The Morgan fingerprint density at radius 3 is 2.76 bits per heavy atom. The molecule has 5 nitrogen and oxygen atoms in total. The van der Waals surface area contributed by atoms with E-state index in [0.29, 0.717) is 10.7 Å². The quantitative estimate of drug-likeness (QED) is 0.466. The van der Waals surface area contributed by atoms with E-state index in [9.17, 15) is 4.79 Å². The molecule has 0 aliphatic carbocycles. The average Bonchev–Trinajstić information content (AvgIpc) is 2.86. The molecular weight excluding hydrogens is 358 g/mol. The minimum Gasteiger partial charge on any atom is -0.447 e. The summed E-state index contributed by atoms with van der Waals surface area (Å²) < 4.78 is 6.77. The van der Waals surface area contributed by atoms with Crippen LogP contribution in [0.25, 0.3) is 0 Å². The molecule has 2 heterocycles. The molecule has 0 aromatic carbocycles. The van der Waals surface area contributed by atoms with E-state index in [1.165, 1.54) is 6.20 Å². The van der Waals surface area contributed by atoms with E-state index in [1.807, 2.05) is 13.8 Å². The Labute approximate surface area is 136 Å². The van der Waals surface area contributed by atoms with Gasteiger partial charge < -0.3 is 4.74 Å². The van der Waals surface area contributed by atoms with E-state index in [2.05, 4.69) is 26.0 Å². The third-order valence-electron chi connectivity index (χ3n) is 3.07. The molecule has 2 aromatic heterocycles. The molecule has 0 N–H and O–H groups in total. The van der Waals surface area contributed by atoms with Crippen LogP contribution in [0.2, 0.25) is 5.15 Å². The van der Waals surface area contributed by atoms with Crippen LogP contribution in [0.4, 0.5) is 0 Å². The topological polar surface area (TPSA) is 57.0 Å². The molecule has 0 radical (unpaired) electrons. The minimum absolute atomic E-state index is 0.0577. The molecule has 0 aliphatic heterocycles. The summed E-state index contributed by atoms with van der Waals surface area (Å²) in [5, 5.41) is 4.34.